The predicted molar refractivity (Wildman–Crippen MR) is 116 cm³/mol. The predicted octanol–water partition coefficient (Wildman–Crippen LogP) is 4.86. The van der Waals surface area contributed by atoms with Gasteiger partial charge in [-0.3, -0.25) is 9.52 Å². The van der Waals surface area contributed by atoms with Crippen LogP contribution < -0.4 is 10.0 Å². The van der Waals surface area contributed by atoms with Gasteiger partial charge in [0.05, 0.1) is 11.4 Å². The Labute approximate surface area is 177 Å². The summed E-state index contributed by atoms with van der Waals surface area (Å²) in [4.78, 5) is 13.5. The highest BCUT2D eigenvalue weighted by molar-refractivity contribution is 9.10. The summed E-state index contributed by atoms with van der Waals surface area (Å²) < 4.78 is 28.6. The molecule has 0 atom stereocenters. The van der Waals surface area contributed by atoms with Crippen molar-refractivity contribution in [3.05, 3.63) is 80.0 Å². The molecule has 5 nitrogen and oxygen atoms in total. The number of hydrogen-bond acceptors (Lipinski definition) is 4. The summed E-state index contributed by atoms with van der Waals surface area (Å²) in [5.74, 6) is -0.215. The summed E-state index contributed by atoms with van der Waals surface area (Å²) in [5, 5.41) is 4.80. The van der Waals surface area contributed by atoms with Crippen molar-refractivity contribution in [3.8, 4) is 0 Å². The second kappa shape index (κ2) is 8.46. The highest BCUT2D eigenvalue weighted by Crippen LogP contribution is 2.21. The van der Waals surface area contributed by atoms with E-state index in [4.69, 9.17) is 0 Å². The Kier molecular flexibility index (Phi) is 6.22. The number of amides is 1. The van der Waals surface area contributed by atoms with Gasteiger partial charge >= 0.3 is 0 Å². The molecule has 146 valence electrons. The summed E-state index contributed by atoms with van der Waals surface area (Å²) >= 11 is 4.94. The molecule has 8 heteroatoms. The number of rotatable bonds is 6. The number of anilines is 1. The molecular weight excluding hydrogens is 460 g/mol. The molecule has 2 aromatic carbocycles. The van der Waals surface area contributed by atoms with E-state index < -0.39 is 10.0 Å². The summed E-state index contributed by atoms with van der Waals surface area (Å²) in [5.41, 5.74) is 2.80. The van der Waals surface area contributed by atoms with Crippen LogP contribution >= 0.6 is 27.3 Å². The van der Waals surface area contributed by atoms with Gasteiger partial charge in [0.1, 0.15) is 0 Å². The van der Waals surface area contributed by atoms with Crippen LogP contribution in [0, 0.1) is 13.8 Å². The maximum atomic E-state index is 12.6. The van der Waals surface area contributed by atoms with Gasteiger partial charge in [-0.2, -0.15) is 0 Å². The van der Waals surface area contributed by atoms with Crippen molar-refractivity contribution in [1.82, 2.24) is 5.32 Å². The topological polar surface area (TPSA) is 75.3 Å². The zero-order chi connectivity index (χ0) is 20.3. The fraction of sp³-hybridized carbons (Fsp3) is 0.150. The van der Waals surface area contributed by atoms with Gasteiger partial charge in [0.25, 0.3) is 15.9 Å². The Morgan fingerprint density at radius 2 is 1.75 bits per heavy atom. The molecule has 1 heterocycles. The third-order valence-corrected chi connectivity index (χ3v) is 7.31. The Morgan fingerprint density at radius 1 is 1.04 bits per heavy atom. The molecule has 1 amide bonds. The minimum absolute atomic E-state index is 0.208. The van der Waals surface area contributed by atoms with E-state index in [1.165, 1.54) is 0 Å². The first-order valence-corrected chi connectivity index (χ1v) is 11.6. The van der Waals surface area contributed by atoms with Gasteiger partial charge < -0.3 is 5.32 Å². The molecule has 0 aliphatic rings. The molecule has 0 aliphatic carbocycles. The molecule has 3 rings (SSSR count). The van der Waals surface area contributed by atoms with Crippen LogP contribution in [0.4, 0.5) is 5.69 Å². The third kappa shape index (κ3) is 5.01. The number of benzene rings is 2. The van der Waals surface area contributed by atoms with E-state index in [1.807, 2.05) is 25.3 Å². The summed E-state index contributed by atoms with van der Waals surface area (Å²) in [7, 11) is -3.68. The van der Waals surface area contributed by atoms with Crippen molar-refractivity contribution in [2.75, 3.05) is 4.72 Å². The molecule has 0 bridgehead atoms. The van der Waals surface area contributed by atoms with Gasteiger partial charge in [0.15, 0.2) is 0 Å². The van der Waals surface area contributed by atoms with Crippen molar-refractivity contribution in [2.45, 2.75) is 25.3 Å². The highest BCUT2D eigenvalue weighted by Gasteiger charge is 2.15. The van der Waals surface area contributed by atoms with Crippen LogP contribution in [0.25, 0.3) is 0 Å². The lowest BCUT2D eigenvalue weighted by molar-refractivity contribution is 0.0951. The normalized spacial score (nSPS) is 11.2. The SMILES string of the molecule is Cc1ccc(S(=O)(=O)Nc2ccc(C(=O)NCc3cc(Br)cs3)cc2)cc1C. The average Bonchev–Trinajstić information content (AvgIpc) is 3.07. The molecule has 0 aliphatic heterocycles. The van der Waals surface area contributed by atoms with Gasteiger partial charge in [-0.15, -0.1) is 11.3 Å². The molecule has 0 spiro atoms. The van der Waals surface area contributed by atoms with Crippen molar-refractivity contribution in [3.63, 3.8) is 0 Å². The van der Waals surface area contributed by atoms with Crippen LogP contribution in [-0.2, 0) is 16.6 Å². The number of hydrogen-bond donors (Lipinski definition) is 2. The zero-order valence-corrected chi connectivity index (χ0v) is 18.5. The standard InChI is InChI=1S/C20H19BrN2O3S2/c1-13-3-8-19(9-14(13)2)28(25,26)23-17-6-4-15(5-7-17)20(24)22-11-18-10-16(21)12-27-18/h3-10,12,23H,11H2,1-2H3,(H,22,24). The second-order valence-electron chi connectivity index (χ2n) is 6.34. The van der Waals surface area contributed by atoms with E-state index >= 15 is 0 Å². The maximum absolute atomic E-state index is 12.6. The van der Waals surface area contributed by atoms with Crippen molar-refractivity contribution in [2.24, 2.45) is 0 Å². The first kappa shape index (κ1) is 20.6. The molecule has 28 heavy (non-hydrogen) atoms. The lowest BCUT2D eigenvalue weighted by Gasteiger charge is -2.10. The lowest BCUT2D eigenvalue weighted by Crippen LogP contribution is -2.22. The Bertz CT molecular complexity index is 1110. The zero-order valence-electron chi connectivity index (χ0n) is 15.3. The summed E-state index contributed by atoms with van der Waals surface area (Å²) in [6.07, 6.45) is 0. The second-order valence-corrected chi connectivity index (χ2v) is 9.94. The quantitative estimate of drug-likeness (QED) is 0.531. The average molecular weight is 479 g/mol. The van der Waals surface area contributed by atoms with E-state index in [0.29, 0.717) is 17.8 Å². The molecule has 0 saturated carbocycles. The molecule has 0 saturated heterocycles. The van der Waals surface area contributed by atoms with Gasteiger partial charge in [0.2, 0.25) is 0 Å². The Hall–Kier alpha value is -2.16. The number of sulfonamides is 1. The van der Waals surface area contributed by atoms with Gasteiger partial charge in [-0.05, 0) is 83.4 Å². The Morgan fingerprint density at radius 3 is 2.36 bits per heavy atom. The number of carbonyl (C=O) groups is 1. The van der Waals surface area contributed by atoms with Crippen LogP contribution in [0.2, 0.25) is 0 Å². The number of halogens is 1. The van der Waals surface area contributed by atoms with E-state index in [1.54, 1.807) is 53.8 Å². The van der Waals surface area contributed by atoms with E-state index in [2.05, 4.69) is 26.0 Å². The van der Waals surface area contributed by atoms with Gasteiger partial charge in [0, 0.05) is 26.0 Å². The first-order valence-electron chi connectivity index (χ1n) is 8.46. The minimum Gasteiger partial charge on any atom is -0.347 e. The fourth-order valence-electron chi connectivity index (χ4n) is 2.50. The van der Waals surface area contributed by atoms with Gasteiger partial charge in [-0.1, -0.05) is 6.07 Å². The molecule has 0 radical (unpaired) electrons. The van der Waals surface area contributed by atoms with Crippen molar-refractivity contribution in [1.29, 1.82) is 0 Å². The summed E-state index contributed by atoms with van der Waals surface area (Å²) in [6.45, 7) is 4.24. The van der Waals surface area contributed by atoms with Crippen LogP contribution in [0.3, 0.4) is 0 Å². The minimum atomic E-state index is -3.68. The number of carbonyl (C=O) groups excluding carboxylic acids is 1. The van der Waals surface area contributed by atoms with Crippen molar-refractivity contribution < 1.29 is 13.2 Å². The van der Waals surface area contributed by atoms with E-state index in [-0.39, 0.29) is 10.8 Å². The van der Waals surface area contributed by atoms with Gasteiger partial charge in [-0.25, -0.2) is 8.42 Å². The Balaban J connectivity index is 1.66. The third-order valence-electron chi connectivity index (χ3n) is 4.23. The number of nitrogens with one attached hydrogen (secondary N) is 2. The lowest BCUT2D eigenvalue weighted by atomic mass is 10.1. The molecule has 0 fully saturated rings. The molecule has 0 unspecified atom stereocenters. The fourth-order valence-corrected chi connectivity index (χ4v) is 5.03. The molecule has 3 aromatic rings. The largest absolute Gasteiger partial charge is 0.347 e. The van der Waals surface area contributed by atoms with Crippen molar-refractivity contribution >= 4 is 48.9 Å². The van der Waals surface area contributed by atoms with Crippen LogP contribution in [0.15, 0.2) is 63.3 Å². The molecule has 2 N–H and O–H groups in total. The highest BCUT2D eigenvalue weighted by atomic mass is 79.9. The van der Waals surface area contributed by atoms with Crippen LogP contribution in [-0.4, -0.2) is 14.3 Å². The maximum Gasteiger partial charge on any atom is 0.261 e. The summed E-state index contributed by atoms with van der Waals surface area (Å²) in [6, 6.07) is 13.3. The van der Waals surface area contributed by atoms with E-state index in [9.17, 15) is 13.2 Å². The number of thiophene rings is 1. The van der Waals surface area contributed by atoms with E-state index in [0.717, 1.165) is 20.5 Å². The van der Waals surface area contributed by atoms with Crippen LogP contribution in [0.5, 0.6) is 0 Å². The molecule has 1 aromatic heterocycles. The monoisotopic (exact) mass is 478 g/mol. The smallest absolute Gasteiger partial charge is 0.261 e. The molecular formula is C20H19BrN2O3S2. The first-order chi connectivity index (χ1) is 13.2. The van der Waals surface area contributed by atoms with Crippen LogP contribution in [0.1, 0.15) is 26.4 Å². The number of aryl methyl sites for hydroxylation is 2.